The van der Waals surface area contributed by atoms with Gasteiger partial charge in [0.05, 0.1) is 0 Å². The number of carbonyl (C=O) groups is 3. The number of esters is 3. The number of unbranched alkanes of at least 4 members (excludes halogenated alkanes) is 12. The van der Waals surface area contributed by atoms with Crippen LogP contribution < -0.4 is 0 Å². The molecule has 0 rings (SSSR count). The number of rotatable bonds is 37. The fourth-order valence-corrected chi connectivity index (χ4v) is 5.36. The molecule has 0 radical (unpaired) electrons. The average Bonchev–Trinajstić information content (AvgIpc) is 3.19. The highest BCUT2D eigenvalue weighted by Crippen LogP contribution is 2.11. The normalized spacial score (nSPS) is 13.1. The van der Waals surface area contributed by atoms with Crippen LogP contribution in [0.4, 0.5) is 0 Å². The first kappa shape index (κ1) is 52.1. The first-order valence-corrected chi connectivity index (χ1v) is 22.0. The van der Waals surface area contributed by atoms with E-state index in [2.05, 4.69) is 81.5 Å². The first-order valence-electron chi connectivity index (χ1n) is 22.0. The van der Waals surface area contributed by atoms with Crippen molar-refractivity contribution in [2.45, 2.75) is 175 Å². The molecule has 0 bridgehead atoms. The van der Waals surface area contributed by atoms with Gasteiger partial charge in [-0.3, -0.25) is 14.4 Å². The van der Waals surface area contributed by atoms with Crippen LogP contribution in [0.25, 0.3) is 0 Å². The standard InChI is InChI=1S/C50H78O6/c1-4-7-10-13-16-19-22-24-25-26-29-31-34-37-40-43-49(52)55-46-47(45-54-48(51)42-39-36-33-30-27-21-18-15-12-9-6-3)56-50(53)44-41-38-35-32-28-23-20-17-14-11-8-5-2/h7,9-10,12-13,16-22,24-26,29-30,33,47H,4-6,8,11,14-15,23,27-28,31-32,34-46H2,1-3H3/b10-7-,12-9-,16-13-,20-17-,21-18-,22-19-,25-24-,29-26-,33-30-. The Morgan fingerprint density at radius 1 is 0.393 bits per heavy atom. The monoisotopic (exact) mass is 775 g/mol. The maximum Gasteiger partial charge on any atom is 0.306 e. The number of ether oxygens (including phenoxy) is 3. The van der Waals surface area contributed by atoms with E-state index in [1.807, 2.05) is 48.6 Å². The van der Waals surface area contributed by atoms with E-state index in [1.54, 1.807) is 0 Å². The Bertz CT molecular complexity index is 1210. The quantitative estimate of drug-likeness (QED) is 0.0206. The van der Waals surface area contributed by atoms with Crippen LogP contribution in [-0.2, 0) is 28.6 Å². The third-order valence-electron chi connectivity index (χ3n) is 8.62. The lowest BCUT2D eigenvalue weighted by Gasteiger charge is -2.18. The van der Waals surface area contributed by atoms with Crippen LogP contribution in [0.2, 0.25) is 0 Å². The van der Waals surface area contributed by atoms with Crippen molar-refractivity contribution >= 4 is 17.9 Å². The average molecular weight is 775 g/mol. The van der Waals surface area contributed by atoms with Gasteiger partial charge in [0.2, 0.25) is 0 Å². The number of hydrogen-bond acceptors (Lipinski definition) is 6. The molecule has 0 aliphatic heterocycles. The van der Waals surface area contributed by atoms with Gasteiger partial charge in [0, 0.05) is 19.3 Å². The summed E-state index contributed by atoms with van der Waals surface area (Å²) in [6, 6.07) is 0. The van der Waals surface area contributed by atoms with Crippen molar-refractivity contribution in [1.29, 1.82) is 0 Å². The summed E-state index contributed by atoms with van der Waals surface area (Å²) in [7, 11) is 0. The van der Waals surface area contributed by atoms with Crippen molar-refractivity contribution in [3.05, 3.63) is 109 Å². The molecule has 0 spiro atoms. The van der Waals surface area contributed by atoms with Gasteiger partial charge in [-0.25, -0.2) is 0 Å². The Morgan fingerprint density at radius 3 is 1.41 bits per heavy atom. The minimum atomic E-state index is -0.819. The first-order chi connectivity index (χ1) is 27.5. The molecule has 0 amide bonds. The molecule has 1 atom stereocenters. The van der Waals surface area contributed by atoms with Gasteiger partial charge < -0.3 is 14.2 Å². The third kappa shape index (κ3) is 41.2. The van der Waals surface area contributed by atoms with E-state index in [0.29, 0.717) is 19.3 Å². The second kappa shape index (κ2) is 43.8. The third-order valence-corrected chi connectivity index (χ3v) is 8.62. The molecule has 0 aromatic heterocycles. The zero-order chi connectivity index (χ0) is 40.8. The largest absolute Gasteiger partial charge is 0.462 e. The van der Waals surface area contributed by atoms with Gasteiger partial charge in [-0.2, -0.15) is 0 Å². The maximum atomic E-state index is 12.7. The van der Waals surface area contributed by atoms with Gasteiger partial charge in [0.15, 0.2) is 6.10 Å². The summed E-state index contributed by atoms with van der Waals surface area (Å²) in [4.78, 5) is 37.7. The highest BCUT2D eigenvalue weighted by Gasteiger charge is 2.19. The molecule has 0 saturated carbocycles. The molecule has 0 aliphatic carbocycles. The van der Waals surface area contributed by atoms with E-state index in [-0.39, 0.29) is 37.5 Å². The Kier molecular flexibility index (Phi) is 40.7. The predicted molar refractivity (Wildman–Crippen MR) is 237 cm³/mol. The lowest BCUT2D eigenvalue weighted by atomic mass is 10.1. The second-order valence-corrected chi connectivity index (χ2v) is 14.0. The van der Waals surface area contributed by atoms with Crippen molar-refractivity contribution < 1.29 is 28.6 Å². The van der Waals surface area contributed by atoms with Gasteiger partial charge in [-0.1, -0.05) is 169 Å². The van der Waals surface area contributed by atoms with Crippen LogP contribution in [0.15, 0.2) is 109 Å². The number of carbonyl (C=O) groups excluding carboxylic acids is 3. The van der Waals surface area contributed by atoms with Gasteiger partial charge in [0.25, 0.3) is 0 Å². The van der Waals surface area contributed by atoms with E-state index >= 15 is 0 Å². The molecule has 0 N–H and O–H groups in total. The summed E-state index contributed by atoms with van der Waals surface area (Å²) in [6.07, 6.45) is 57.9. The molecule has 0 aromatic carbocycles. The fraction of sp³-hybridized carbons (Fsp3) is 0.580. The summed E-state index contributed by atoms with van der Waals surface area (Å²) in [5.41, 5.74) is 0. The molecule has 0 saturated heterocycles. The number of allylic oxidation sites excluding steroid dienone is 18. The zero-order valence-electron chi connectivity index (χ0n) is 35.6. The van der Waals surface area contributed by atoms with Crippen LogP contribution in [0.1, 0.15) is 168 Å². The minimum Gasteiger partial charge on any atom is -0.462 e. The van der Waals surface area contributed by atoms with Crippen molar-refractivity contribution in [1.82, 2.24) is 0 Å². The van der Waals surface area contributed by atoms with Crippen LogP contribution >= 0.6 is 0 Å². The molecular formula is C50H78O6. The van der Waals surface area contributed by atoms with Crippen LogP contribution in [-0.4, -0.2) is 37.2 Å². The van der Waals surface area contributed by atoms with E-state index < -0.39 is 6.10 Å². The second-order valence-electron chi connectivity index (χ2n) is 14.0. The summed E-state index contributed by atoms with van der Waals surface area (Å²) in [6.45, 7) is 6.22. The smallest absolute Gasteiger partial charge is 0.306 e. The number of hydrogen-bond donors (Lipinski definition) is 0. The van der Waals surface area contributed by atoms with Crippen molar-refractivity contribution in [2.24, 2.45) is 0 Å². The van der Waals surface area contributed by atoms with Gasteiger partial charge >= 0.3 is 17.9 Å². The van der Waals surface area contributed by atoms with Gasteiger partial charge in [-0.05, 0) is 89.9 Å². The maximum absolute atomic E-state index is 12.7. The lowest BCUT2D eigenvalue weighted by Crippen LogP contribution is -2.30. The molecule has 0 heterocycles. The van der Waals surface area contributed by atoms with E-state index in [0.717, 1.165) is 89.9 Å². The van der Waals surface area contributed by atoms with Crippen LogP contribution in [0.3, 0.4) is 0 Å². The molecule has 0 fully saturated rings. The SMILES string of the molecule is CC\C=C/C=C\C=C/C=C\C=C/CCCCCC(=O)OCC(COC(=O)CCC/C=C\C/C=C\C/C=C\CC)OC(=O)CCCCCCC/C=C\CCCCC. The summed E-state index contributed by atoms with van der Waals surface area (Å²) in [5, 5.41) is 0. The zero-order valence-corrected chi connectivity index (χ0v) is 35.6. The molecule has 6 heteroatoms. The molecule has 1 unspecified atom stereocenters. The Hall–Kier alpha value is -3.93. The predicted octanol–water partition coefficient (Wildman–Crippen LogP) is 14.0. The molecule has 314 valence electrons. The van der Waals surface area contributed by atoms with Gasteiger partial charge in [0.1, 0.15) is 13.2 Å². The minimum absolute atomic E-state index is 0.122. The summed E-state index contributed by atoms with van der Waals surface area (Å²) in [5.74, 6) is -1.04. The highest BCUT2D eigenvalue weighted by molar-refractivity contribution is 5.71. The van der Waals surface area contributed by atoms with Crippen molar-refractivity contribution in [2.75, 3.05) is 13.2 Å². The molecule has 56 heavy (non-hydrogen) atoms. The Morgan fingerprint density at radius 2 is 0.804 bits per heavy atom. The molecular weight excluding hydrogens is 697 g/mol. The topological polar surface area (TPSA) is 78.9 Å². The van der Waals surface area contributed by atoms with E-state index in [9.17, 15) is 14.4 Å². The van der Waals surface area contributed by atoms with Crippen molar-refractivity contribution in [3.8, 4) is 0 Å². The molecule has 0 aliphatic rings. The van der Waals surface area contributed by atoms with E-state index in [4.69, 9.17) is 14.2 Å². The van der Waals surface area contributed by atoms with Gasteiger partial charge in [-0.15, -0.1) is 0 Å². The fourth-order valence-electron chi connectivity index (χ4n) is 5.36. The summed E-state index contributed by atoms with van der Waals surface area (Å²) < 4.78 is 16.6. The Labute approximate surface area is 342 Å². The Balaban J connectivity index is 4.56. The van der Waals surface area contributed by atoms with Crippen molar-refractivity contribution in [3.63, 3.8) is 0 Å². The summed E-state index contributed by atoms with van der Waals surface area (Å²) >= 11 is 0. The highest BCUT2D eigenvalue weighted by atomic mass is 16.6. The van der Waals surface area contributed by atoms with Crippen LogP contribution in [0.5, 0.6) is 0 Å². The lowest BCUT2D eigenvalue weighted by molar-refractivity contribution is -0.167. The van der Waals surface area contributed by atoms with E-state index in [1.165, 1.54) is 32.1 Å². The molecule has 6 nitrogen and oxygen atoms in total. The molecule has 0 aromatic rings. The van der Waals surface area contributed by atoms with Crippen LogP contribution in [0, 0.1) is 0 Å².